The second kappa shape index (κ2) is 18.7. The zero-order chi connectivity index (χ0) is 41.5. The Morgan fingerprint density at radius 3 is 1.82 bits per heavy atom. The van der Waals surface area contributed by atoms with Gasteiger partial charge in [0.05, 0.1) is 16.7 Å². The lowest BCUT2D eigenvalue weighted by Crippen LogP contribution is -2.68. The van der Waals surface area contributed by atoms with E-state index < -0.39 is 62.3 Å². The van der Waals surface area contributed by atoms with Gasteiger partial charge in [-0.3, -0.25) is 4.90 Å². The summed E-state index contributed by atoms with van der Waals surface area (Å²) in [5.41, 5.74) is -6.05. The first-order valence-electron chi connectivity index (χ1n) is 18.6. The van der Waals surface area contributed by atoms with Crippen molar-refractivity contribution >= 4 is 56.0 Å². The van der Waals surface area contributed by atoms with Gasteiger partial charge in [0.2, 0.25) is 10.0 Å². The number of thioether (sulfide) groups is 1. The summed E-state index contributed by atoms with van der Waals surface area (Å²) in [5, 5.41) is 9.97. The molecule has 1 heterocycles. The molecular formula is C40H50F4N4O5S3Si. The van der Waals surface area contributed by atoms with E-state index in [-0.39, 0.29) is 10.7 Å². The van der Waals surface area contributed by atoms with Crippen molar-refractivity contribution in [1.82, 2.24) is 9.80 Å². The second-order valence-corrected chi connectivity index (χ2v) is 23.9. The minimum Gasteiger partial charge on any atom is -0.400 e. The standard InChI is InChI=1S/C40H50F4N4O5S3Si/c1-39(2,3)57(35-15-9-5-10-16-35,36-17-11-6-12-18-36)53-32(28-41)29-48-25-23-47(24-26-48)22-21-31(30-54-33-13-7-4-8-14-33)46-37-20-19-34(56(45,51)52)27-38(37)55(49,50)40(42,43)44/h4-20,27,31-32,46H,21-26,28-30H2,1-3H3,(H2,45,51,52). The molecule has 2 unspecified atom stereocenters. The number of primary sulfonamides is 1. The first kappa shape index (κ1) is 44.8. The summed E-state index contributed by atoms with van der Waals surface area (Å²) >= 11 is 1.45. The summed E-state index contributed by atoms with van der Waals surface area (Å²) in [5.74, 6) is 0.365. The molecule has 0 amide bonds. The number of anilines is 1. The Kier molecular flexibility index (Phi) is 14.7. The normalized spacial score (nSPS) is 16.3. The van der Waals surface area contributed by atoms with Crippen LogP contribution >= 0.6 is 11.8 Å². The summed E-state index contributed by atoms with van der Waals surface area (Å²) in [4.78, 5) is 3.35. The van der Waals surface area contributed by atoms with Crippen molar-refractivity contribution in [2.24, 2.45) is 5.14 Å². The van der Waals surface area contributed by atoms with Crippen molar-refractivity contribution in [3.8, 4) is 0 Å². The number of halogens is 4. The molecule has 0 radical (unpaired) electrons. The lowest BCUT2D eigenvalue weighted by molar-refractivity contribution is -0.0435. The molecule has 3 N–H and O–H groups in total. The van der Waals surface area contributed by atoms with Gasteiger partial charge in [0, 0.05) is 56.0 Å². The molecule has 0 aromatic heterocycles. The van der Waals surface area contributed by atoms with Crippen molar-refractivity contribution in [2.45, 2.75) is 64.6 Å². The fraction of sp³-hybridized carbons (Fsp3) is 0.400. The predicted molar refractivity (Wildman–Crippen MR) is 222 cm³/mol. The van der Waals surface area contributed by atoms with Crippen LogP contribution in [-0.4, -0.2) is 104 Å². The van der Waals surface area contributed by atoms with Gasteiger partial charge in [-0.1, -0.05) is 99.6 Å². The molecule has 0 aliphatic carbocycles. The molecule has 17 heteroatoms. The van der Waals surface area contributed by atoms with E-state index in [0.29, 0.717) is 57.5 Å². The van der Waals surface area contributed by atoms with Gasteiger partial charge in [0.1, 0.15) is 11.6 Å². The fourth-order valence-electron chi connectivity index (χ4n) is 7.16. The molecule has 0 saturated carbocycles. The maximum absolute atomic E-state index is 15.0. The number of nitrogens with one attached hydrogen (secondary N) is 1. The van der Waals surface area contributed by atoms with Gasteiger partial charge >= 0.3 is 5.51 Å². The number of nitrogens with two attached hydrogens (primary N) is 1. The Bertz CT molecular complexity index is 2080. The highest BCUT2D eigenvalue weighted by Gasteiger charge is 2.52. The van der Waals surface area contributed by atoms with Crippen molar-refractivity contribution < 1.29 is 38.8 Å². The van der Waals surface area contributed by atoms with E-state index >= 15 is 0 Å². The number of sulfonamides is 1. The molecule has 310 valence electrons. The Balaban J connectivity index is 1.29. The van der Waals surface area contributed by atoms with Gasteiger partial charge < -0.3 is 14.6 Å². The van der Waals surface area contributed by atoms with Crippen LogP contribution < -0.4 is 20.8 Å². The van der Waals surface area contributed by atoms with Crippen molar-refractivity contribution in [3.05, 3.63) is 109 Å². The van der Waals surface area contributed by atoms with E-state index in [1.807, 2.05) is 66.7 Å². The molecule has 5 rings (SSSR count). The summed E-state index contributed by atoms with van der Waals surface area (Å²) in [7, 11) is -13.4. The van der Waals surface area contributed by atoms with Crippen molar-refractivity contribution in [3.63, 3.8) is 0 Å². The topological polar surface area (TPSA) is 122 Å². The van der Waals surface area contributed by atoms with Crippen LogP contribution in [-0.2, 0) is 24.3 Å². The molecule has 0 spiro atoms. The molecule has 9 nitrogen and oxygen atoms in total. The zero-order valence-electron chi connectivity index (χ0n) is 32.2. The molecule has 2 atom stereocenters. The molecule has 1 aliphatic rings. The van der Waals surface area contributed by atoms with Crippen LogP contribution in [0.5, 0.6) is 0 Å². The van der Waals surface area contributed by atoms with Crippen LogP contribution in [0.15, 0.2) is 124 Å². The highest BCUT2D eigenvalue weighted by molar-refractivity contribution is 7.99. The third-order valence-electron chi connectivity index (χ3n) is 10.1. The van der Waals surface area contributed by atoms with Gasteiger partial charge in [0.15, 0.2) is 0 Å². The second-order valence-electron chi connectivity index (χ2n) is 15.1. The van der Waals surface area contributed by atoms with E-state index in [2.05, 4.69) is 60.2 Å². The number of rotatable bonds is 17. The number of hydrogen-bond acceptors (Lipinski definition) is 9. The Morgan fingerprint density at radius 1 is 0.807 bits per heavy atom. The first-order chi connectivity index (χ1) is 26.8. The molecule has 1 aliphatic heterocycles. The summed E-state index contributed by atoms with van der Waals surface area (Å²) < 4.78 is 113. The number of nitrogens with zero attached hydrogens (tertiary/aromatic N) is 2. The SMILES string of the molecule is CC(C)(C)[Si](OC(CF)CN1CCN(CCC(CSc2ccccc2)Nc2ccc(S(N)(=O)=O)cc2S(=O)(=O)C(F)(F)F)CC1)(c1ccccc1)c1ccccc1. The Morgan fingerprint density at radius 2 is 1.33 bits per heavy atom. The maximum Gasteiger partial charge on any atom is 0.501 e. The van der Waals surface area contributed by atoms with Crippen LogP contribution in [0.25, 0.3) is 0 Å². The Labute approximate surface area is 339 Å². The first-order valence-corrected chi connectivity index (χ1v) is 24.5. The minimum atomic E-state index is -5.95. The molecule has 57 heavy (non-hydrogen) atoms. The van der Waals surface area contributed by atoms with Crippen LogP contribution in [0.4, 0.5) is 23.2 Å². The fourth-order valence-corrected chi connectivity index (χ4v) is 14.4. The van der Waals surface area contributed by atoms with Crippen LogP contribution in [0, 0.1) is 0 Å². The van der Waals surface area contributed by atoms with Gasteiger partial charge in [-0.05, 0) is 52.2 Å². The Hall–Kier alpha value is -3.29. The summed E-state index contributed by atoms with van der Waals surface area (Å²) in [6.45, 7) is 9.32. The van der Waals surface area contributed by atoms with E-state index in [0.717, 1.165) is 27.4 Å². The molecule has 4 aromatic rings. The van der Waals surface area contributed by atoms with E-state index in [1.54, 1.807) is 0 Å². The number of benzene rings is 4. The molecular weight excluding hydrogens is 817 g/mol. The highest BCUT2D eigenvalue weighted by Crippen LogP contribution is 2.38. The number of piperazine rings is 1. The third kappa shape index (κ3) is 11.1. The monoisotopic (exact) mass is 866 g/mol. The third-order valence-corrected chi connectivity index (χ3v) is 18.8. The van der Waals surface area contributed by atoms with Crippen LogP contribution in [0.2, 0.25) is 5.04 Å². The molecule has 1 saturated heterocycles. The van der Waals surface area contributed by atoms with Crippen molar-refractivity contribution in [2.75, 3.05) is 57.0 Å². The number of sulfone groups is 1. The maximum atomic E-state index is 15.0. The van der Waals surface area contributed by atoms with Crippen LogP contribution in [0.1, 0.15) is 27.2 Å². The summed E-state index contributed by atoms with van der Waals surface area (Å²) in [6.07, 6.45) is -0.249. The minimum absolute atomic E-state index is 0.312. The largest absolute Gasteiger partial charge is 0.501 e. The smallest absolute Gasteiger partial charge is 0.400 e. The molecule has 4 aromatic carbocycles. The number of hydrogen-bond donors (Lipinski definition) is 2. The average molecular weight is 867 g/mol. The zero-order valence-corrected chi connectivity index (χ0v) is 35.6. The van der Waals surface area contributed by atoms with Crippen LogP contribution in [0.3, 0.4) is 0 Å². The quantitative estimate of drug-likeness (QED) is 0.0735. The van der Waals surface area contributed by atoms with E-state index in [9.17, 15) is 34.4 Å². The highest BCUT2D eigenvalue weighted by atomic mass is 32.2. The van der Waals surface area contributed by atoms with Gasteiger partial charge in [0.25, 0.3) is 18.2 Å². The predicted octanol–water partition coefficient (Wildman–Crippen LogP) is 6.12. The van der Waals surface area contributed by atoms with E-state index in [4.69, 9.17) is 9.56 Å². The lowest BCUT2D eigenvalue weighted by Gasteiger charge is -2.46. The molecule has 0 bridgehead atoms. The van der Waals surface area contributed by atoms with Gasteiger partial charge in [-0.25, -0.2) is 26.4 Å². The van der Waals surface area contributed by atoms with E-state index in [1.165, 1.54) is 11.8 Å². The summed E-state index contributed by atoms with van der Waals surface area (Å²) in [6, 6.07) is 31.5. The average Bonchev–Trinajstić information content (AvgIpc) is 3.17. The van der Waals surface area contributed by atoms with Crippen molar-refractivity contribution in [1.29, 1.82) is 0 Å². The van der Waals surface area contributed by atoms with Gasteiger partial charge in [-0.15, -0.1) is 11.8 Å². The lowest BCUT2D eigenvalue weighted by atomic mass is 10.2. The molecule has 1 fully saturated rings. The number of alkyl halides is 4. The van der Waals surface area contributed by atoms with Gasteiger partial charge in [-0.2, -0.15) is 13.2 Å².